The minimum absolute atomic E-state index is 0.0835. The molecule has 0 atom stereocenters. The van der Waals surface area contributed by atoms with E-state index in [1.807, 2.05) is 0 Å². The number of halogens is 1. The summed E-state index contributed by atoms with van der Waals surface area (Å²) in [6.07, 6.45) is 3.75. The van der Waals surface area contributed by atoms with E-state index in [-0.39, 0.29) is 11.4 Å². The van der Waals surface area contributed by atoms with Crippen molar-refractivity contribution >= 4 is 38.7 Å². The highest BCUT2D eigenvalue weighted by molar-refractivity contribution is 7.86. The fraction of sp³-hybridized carbons (Fsp3) is 0.0769. The molecule has 1 aromatic carbocycles. The van der Waals surface area contributed by atoms with Gasteiger partial charge in [0.05, 0.1) is 6.26 Å². The summed E-state index contributed by atoms with van der Waals surface area (Å²) in [5.74, 6) is -0.376. The summed E-state index contributed by atoms with van der Waals surface area (Å²) in [5.41, 5.74) is 0.671. The third kappa shape index (κ3) is 4.34. The number of carbonyl (C=O) groups excluding carboxylic acids is 2. The van der Waals surface area contributed by atoms with Gasteiger partial charge in [-0.3, -0.25) is 10.1 Å². The molecule has 1 aromatic rings. The van der Waals surface area contributed by atoms with Crippen molar-refractivity contribution in [2.24, 2.45) is 0 Å². The van der Waals surface area contributed by atoms with Crippen molar-refractivity contribution < 1.29 is 22.2 Å². The van der Waals surface area contributed by atoms with Gasteiger partial charge in [-0.05, 0) is 42.0 Å². The van der Waals surface area contributed by atoms with Gasteiger partial charge in [-0.1, -0.05) is 11.6 Å². The number of nitrogens with one attached hydrogen (secondary N) is 2. The summed E-state index contributed by atoms with van der Waals surface area (Å²) in [4.78, 5) is 22.2. The Morgan fingerprint density at radius 1 is 1.18 bits per heavy atom. The number of amides is 3. The summed E-state index contributed by atoms with van der Waals surface area (Å²) in [7, 11) is -3.58. The first-order valence-corrected chi connectivity index (χ1v) is 8.14. The third-order valence-corrected chi connectivity index (χ3v) is 3.33. The predicted molar refractivity (Wildman–Crippen MR) is 80.5 cm³/mol. The molecule has 22 heavy (non-hydrogen) atoms. The Labute approximate surface area is 131 Å². The molecule has 1 aliphatic rings. The predicted octanol–water partition coefficient (Wildman–Crippen LogP) is 1.33. The Bertz CT molecular complexity index is 781. The Morgan fingerprint density at radius 3 is 2.32 bits per heavy atom. The standard InChI is InChI=1S/C13H11ClN2O5S/c1-22(19,20)21-9-4-2-8(3-5-9)10(14)6-7-11-12(17)16-13(18)15-11/h2-7H,1H3,(H2,15,16,17,18). The van der Waals surface area contributed by atoms with Gasteiger partial charge in [0, 0.05) is 5.03 Å². The second-order valence-corrected chi connectivity index (χ2v) is 6.30. The maximum absolute atomic E-state index is 11.3. The van der Waals surface area contributed by atoms with Gasteiger partial charge in [0.1, 0.15) is 11.4 Å². The van der Waals surface area contributed by atoms with Gasteiger partial charge in [0.15, 0.2) is 0 Å². The Kier molecular flexibility index (Phi) is 4.53. The van der Waals surface area contributed by atoms with Crippen molar-refractivity contribution in [2.45, 2.75) is 0 Å². The van der Waals surface area contributed by atoms with Crippen molar-refractivity contribution in [3.8, 4) is 5.75 Å². The summed E-state index contributed by atoms with van der Waals surface area (Å²) in [6.45, 7) is 0. The van der Waals surface area contributed by atoms with E-state index in [1.54, 1.807) is 12.1 Å². The number of rotatable bonds is 4. The monoisotopic (exact) mass is 342 g/mol. The van der Waals surface area contributed by atoms with Crippen molar-refractivity contribution in [3.05, 3.63) is 47.7 Å². The van der Waals surface area contributed by atoms with E-state index >= 15 is 0 Å². The molecule has 1 heterocycles. The Hall–Kier alpha value is -2.32. The first kappa shape index (κ1) is 16.1. The lowest BCUT2D eigenvalue weighted by molar-refractivity contribution is -0.115. The van der Waals surface area contributed by atoms with E-state index < -0.39 is 22.1 Å². The second-order valence-electron chi connectivity index (χ2n) is 4.32. The zero-order valence-electron chi connectivity index (χ0n) is 11.3. The molecule has 0 unspecified atom stereocenters. The largest absolute Gasteiger partial charge is 0.383 e. The first-order valence-electron chi connectivity index (χ1n) is 5.94. The molecule has 9 heteroatoms. The third-order valence-electron chi connectivity index (χ3n) is 2.49. The zero-order chi connectivity index (χ0) is 16.3. The van der Waals surface area contributed by atoms with E-state index in [4.69, 9.17) is 15.8 Å². The molecular weight excluding hydrogens is 332 g/mol. The lowest BCUT2D eigenvalue weighted by Gasteiger charge is -2.04. The Balaban J connectivity index is 2.14. The molecule has 116 valence electrons. The van der Waals surface area contributed by atoms with Gasteiger partial charge in [-0.2, -0.15) is 8.42 Å². The number of benzene rings is 1. The van der Waals surface area contributed by atoms with Gasteiger partial charge in [0.25, 0.3) is 5.91 Å². The van der Waals surface area contributed by atoms with Gasteiger partial charge < -0.3 is 9.50 Å². The first-order chi connectivity index (χ1) is 10.2. The summed E-state index contributed by atoms with van der Waals surface area (Å²) < 4.78 is 26.7. The summed E-state index contributed by atoms with van der Waals surface area (Å²) >= 11 is 6.07. The summed E-state index contributed by atoms with van der Waals surface area (Å²) in [5, 5.41) is 4.67. The molecule has 0 radical (unpaired) electrons. The molecule has 3 amide bonds. The van der Waals surface area contributed by atoms with Crippen LogP contribution in [0.2, 0.25) is 0 Å². The van der Waals surface area contributed by atoms with Crippen LogP contribution in [-0.2, 0) is 14.9 Å². The number of hydrogen-bond acceptors (Lipinski definition) is 5. The molecule has 0 aliphatic carbocycles. The number of allylic oxidation sites excluding steroid dienone is 2. The van der Waals surface area contributed by atoms with Crippen LogP contribution in [0.15, 0.2) is 42.1 Å². The normalized spacial score (nSPS) is 17.4. The Morgan fingerprint density at radius 2 is 1.82 bits per heavy atom. The van der Waals surface area contributed by atoms with Crippen molar-refractivity contribution in [1.29, 1.82) is 0 Å². The molecule has 0 spiro atoms. The van der Waals surface area contributed by atoms with Gasteiger partial charge in [0.2, 0.25) is 0 Å². The highest BCUT2D eigenvalue weighted by Crippen LogP contribution is 2.22. The van der Waals surface area contributed by atoms with E-state index in [9.17, 15) is 18.0 Å². The lowest BCUT2D eigenvalue weighted by atomic mass is 10.2. The van der Waals surface area contributed by atoms with Gasteiger partial charge in [-0.15, -0.1) is 0 Å². The topological polar surface area (TPSA) is 102 Å². The van der Waals surface area contributed by atoms with E-state index in [1.165, 1.54) is 24.3 Å². The number of hydrogen-bond donors (Lipinski definition) is 2. The van der Waals surface area contributed by atoms with Crippen molar-refractivity contribution in [2.75, 3.05) is 6.26 Å². The molecule has 0 saturated carbocycles. The fourth-order valence-electron chi connectivity index (χ4n) is 1.60. The smallest absolute Gasteiger partial charge is 0.326 e. The highest BCUT2D eigenvalue weighted by atomic mass is 35.5. The van der Waals surface area contributed by atoms with E-state index in [0.717, 1.165) is 6.26 Å². The maximum atomic E-state index is 11.3. The summed E-state index contributed by atoms with van der Waals surface area (Å²) in [6, 6.07) is 5.42. The second kappa shape index (κ2) is 6.20. The maximum Gasteiger partial charge on any atom is 0.326 e. The van der Waals surface area contributed by atoms with Crippen molar-refractivity contribution in [3.63, 3.8) is 0 Å². The molecule has 7 nitrogen and oxygen atoms in total. The minimum atomic E-state index is -3.58. The number of carbonyl (C=O) groups is 2. The zero-order valence-corrected chi connectivity index (χ0v) is 12.9. The van der Waals surface area contributed by atoms with Crippen LogP contribution in [0.25, 0.3) is 5.03 Å². The quantitative estimate of drug-likeness (QED) is 0.488. The highest BCUT2D eigenvalue weighted by Gasteiger charge is 2.21. The van der Waals surface area contributed by atoms with Crippen LogP contribution in [0.4, 0.5) is 4.79 Å². The van der Waals surface area contributed by atoms with Gasteiger partial charge in [-0.25, -0.2) is 4.79 Å². The van der Waals surface area contributed by atoms with Crippen LogP contribution in [0.3, 0.4) is 0 Å². The van der Waals surface area contributed by atoms with Crippen molar-refractivity contribution in [1.82, 2.24) is 10.6 Å². The van der Waals surface area contributed by atoms with Crippen LogP contribution < -0.4 is 14.8 Å². The molecule has 1 aliphatic heterocycles. The molecule has 0 aromatic heterocycles. The van der Waals surface area contributed by atoms with E-state index in [2.05, 4.69) is 10.6 Å². The molecule has 2 N–H and O–H groups in total. The van der Waals surface area contributed by atoms with Crippen LogP contribution >= 0.6 is 11.6 Å². The van der Waals surface area contributed by atoms with E-state index in [0.29, 0.717) is 10.6 Å². The lowest BCUT2D eigenvalue weighted by Crippen LogP contribution is -2.22. The molecule has 1 fully saturated rings. The van der Waals surface area contributed by atoms with Crippen LogP contribution in [0, 0.1) is 0 Å². The van der Waals surface area contributed by atoms with Gasteiger partial charge >= 0.3 is 16.1 Å². The fourth-order valence-corrected chi connectivity index (χ4v) is 2.25. The van der Waals surface area contributed by atoms with Crippen LogP contribution in [-0.4, -0.2) is 26.6 Å². The van der Waals surface area contributed by atoms with Crippen LogP contribution in [0.1, 0.15) is 5.56 Å². The van der Waals surface area contributed by atoms with Crippen LogP contribution in [0.5, 0.6) is 5.75 Å². The average molecular weight is 343 g/mol. The average Bonchev–Trinajstić information content (AvgIpc) is 2.73. The number of urea groups is 1. The molecule has 0 bridgehead atoms. The molecular formula is C13H11ClN2O5S. The minimum Gasteiger partial charge on any atom is -0.383 e. The SMILES string of the molecule is CS(=O)(=O)Oc1ccc(C(Cl)=CC=C2NC(=O)NC2=O)cc1. The molecule has 1 saturated heterocycles. The molecule has 2 rings (SSSR count). The number of imide groups is 1.